The molecule has 28 heavy (non-hydrogen) atoms. The van der Waals surface area contributed by atoms with Crippen molar-refractivity contribution >= 4 is 45.5 Å². The topological polar surface area (TPSA) is 72.4 Å². The molecule has 0 aliphatic rings. The van der Waals surface area contributed by atoms with Gasteiger partial charge in [-0.1, -0.05) is 59.6 Å². The molecule has 2 heterocycles. The van der Waals surface area contributed by atoms with E-state index < -0.39 is 0 Å². The highest BCUT2D eigenvalue weighted by molar-refractivity contribution is 6.36. The highest BCUT2D eigenvalue weighted by Gasteiger charge is 2.16. The molecule has 2 aromatic heterocycles. The van der Waals surface area contributed by atoms with Crippen LogP contribution in [0.2, 0.25) is 10.0 Å². The maximum Gasteiger partial charge on any atom is 0.226 e. The number of pyridine rings is 1. The number of halogens is 2. The molecule has 0 bridgehead atoms. The lowest BCUT2D eigenvalue weighted by Crippen LogP contribution is -2.34. The lowest BCUT2D eigenvalue weighted by molar-refractivity contribution is -0.121. The number of nitrogens with two attached hydrogens (primary N) is 1. The van der Waals surface area contributed by atoms with Crippen LogP contribution in [-0.2, 0) is 11.2 Å². The van der Waals surface area contributed by atoms with E-state index in [2.05, 4.69) is 22.4 Å². The van der Waals surface area contributed by atoms with Crippen molar-refractivity contribution in [1.29, 1.82) is 0 Å². The Hall–Kier alpha value is -2.60. The highest BCUT2D eigenvalue weighted by Crippen LogP contribution is 2.23. The number of nitrogens with zero attached hydrogens (tertiary/aromatic N) is 2. The first-order chi connectivity index (χ1) is 13.5. The molecule has 7 heteroatoms. The fourth-order valence-electron chi connectivity index (χ4n) is 3.27. The second-order valence-corrected chi connectivity index (χ2v) is 7.45. The lowest BCUT2D eigenvalue weighted by Gasteiger charge is -2.17. The Morgan fingerprint density at radius 2 is 1.89 bits per heavy atom. The van der Waals surface area contributed by atoms with Crippen molar-refractivity contribution in [2.75, 3.05) is 6.54 Å². The fraction of sp³-hybridized carbons (Fsp3) is 0.143. The Morgan fingerprint density at radius 1 is 1.11 bits per heavy atom. The number of hydrogen-bond donors (Lipinski definition) is 2. The normalized spacial score (nSPS) is 12.4. The number of carbonyl (C=O) groups is 1. The van der Waals surface area contributed by atoms with Gasteiger partial charge in [-0.3, -0.25) is 4.79 Å². The number of aromatic nitrogens is 2. The predicted octanol–water partition coefficient (Wildman–Crippen LogP) is 4.15. The largest absolute Gasteiger partial charge is 0.348 e. The molecule has 1 atom stereocenters. The van der Waals surface area contributed by atoms with Crippen molar-refractivity contribution in [2.24, 2.45) is 5.73 Å². The molecule has 0 saturated carbocycles. The van der Waals surface area contributed by atoms with Crippen LogP contribution in [0.3, 0.4) is 0 Å². The lowest BCUT2D eigenvalue weighted by atomic mass is 10.0. The quantitative estimate of drug-likeness (QED) is 0.516. The van der Waals surface area contributed by atoms with Gasteiger partial charge in [0.2, 0.25) is 5.91 Å². The van der Waals surface area contributed by atoms with Crippen molar-refractivity contribution in [3.8, 4) is 0 Å². The van der Waals surface area contributed by atoms with Crippen LogP contribution in [0.4, 0.5) is 0 Å². The van der Waals surface area contributed by atoms with Gasteiger partial charge in [0.25, 0.3) is 0 Å². The van der Waals surface area contributed by atoms with E-state index in [1.165, 1.54) is 0 Å². The van der Waals surface area contributed by atoms with E-state index in [9.17, 15) is 4.79 Å². The predicted molar refractivity (Wildman–Crippen MR) is 113 cm³/mol. The van der Waals surface area contributed by atoms with E-state index >= 15 is 0 Å². The molecule has 0 spiro atoms. The number of carbonyl (C=O) groups excluding carboxylic acids is 1. The number of imidazole rings is 1. The monoisotopic (exact) mass is 412 g/mol. The first kappa shape index (κ1) is 18.7. The molecule has 0 aliphatic heterocycles. The molecule has 0 saturated heterocycles. The van der Waals surface area contributed by atoms with Crippen molar-refractivity contribution in [2.45, 2.75) is 12.5 Å². The average molecular weight is 413 g/mol. The van der Waals surface area contributed by atoms with Crippen molar-refractivity contribution in [3.05, 3.63) is 82.2 Å². The van der Waals surface area contributed by atoms with Gasteiger partial charge in [0.1, 0.15) is 0 Å². The van der Waals surface area contributed by atoms with Gasteiger partial charge in [0.05, 0.1) is 28.2 Å². The Kier molecular flexibility index (Phi) is 5.22. The zero-order valence-corrected chi connectivity index (χ0v) is 16.4. The van der Waals surface area contributed by atoms with Gasteiger partial charge in [-0.15, -0.1) is 0 Å². The van der Waals surface area contributed by atoms with Gasteiger partial charge in [-0.05, 0) is 28.5 Å². The highest BCUT2D eigenvalue weighted by atomic mass is 35.5. The van der Waals surface area contributed by atoms with Crippen molar-refractivity contribution in [3.63, 3.8) is 0 Å². The molecule has 1 unspecified atom stereocenters. The summed E-state index contributed by atoms with van der Waals surface area (Å²) in [7, 11) is 0. The second kappa shape index (κ2) is 7.80. The van der Waals surface area contributed by atoms with Crippen LogP contribution in [0.5, 0.6) is 0 Å². The summed E-state index contributed by atoms with van der Waals surface area (Å²) in [4.78, 5) is 17.0. The third kappa shape index (κ3) is 3.83. The zero-order chi connectivity index (χ0) is 19.7. The maximum absolute atomic E-state index is 12.6. The van der Waals surface area contributed by atoms with Gasteiger partial charge in [0.15, 0.2) is 5.65 Å². The first-order valence-electron chi connectivity index (χ1n) is 8.84. The molecule has 0 fully saturated rings. The van der Waals surface area contributed by atoms with Gasteiger partial charge < -0.3 is 15.5 Å². The Balaban J connectivity index is 1.52. The number of benzene rings is 2. The van der Waals surface area contributed by atoms with Gasteiger partial charge in [0, 0.05) is 18.9 Å². The molecule has 5 nitrogen and oxygen atoms in total. The van der Waals surface area contributed by atoms with E-state index in [1.807, 2.05) is 30.3 Å². The summed E-state index contributed by atoms with van der Waals surface area (Å²) in [6.45, 7) is 0.302. The number of nitrogens with one attached hydrogen (secondary N) is 1. The summed E-state index contributed by atoms with van der Waals surface area (Å²) < 4.78 is 1.72. The smallest absolute Gasteiger partial charge is 0.226 e. The minimum atomic E-state index is -0.271. The number of fused-ring (bicyclic) bond motifs is 2. The zero-order valence-electron chi connectivity index (χ0n) is 14.9. The molecule has 142 valence electrons. The summed E-state index contributed by atoms with van der Waals surface area (Å²) in [5, 5.41) is 6.20. The second-order valence-electron chi connectivity index (χ2n) is 6.61. The third-order valence-electron chi connectivity index (χ3n) is 4.61. The molecule has 1 amide bonds. The molecule has 0 radical (unpaired) electrons. The first-order valence-corrected chi connectivity index (χ1v) is 9.60. The summed E-state index contributed by atoms with van der Waals surface area (Å²) >= 11 is 12.2. The van der Waals surface area contributed by atoms with Crippen LogP contribution in [0.15, 0.2) is 60.9 Å². The Bertz CT molecular complexity index is 1170. The van der Waals surface area contributed by atoms with E-state index in [4.69, 9.17) is 28.9 Å². The summed E-state index contributed by atoms with van der Waals surface area (Å²) in [6.07, 6.45) is 3.58. The molecule has 4 rings (SSSR count). The molecule has 3 N–H and O–H groups in total. The number of hydrogen-bond acceptors (Lipinski definition) is 3. The number of rotatable bonds is 5. The summed E-state index contributed by atoms with van der Waals surface area (Å²) in [5.41, 5.74) is 8.07. The standard InChI is InChI=1S/C21H18Cl2N4O/c22-16-8-18(23)21-25-17(12-27(21)11-16)9-20(28)26-19(10-24)15-6-5-13-3-1-2-4-14(13)7-15/h1-8,11-12,19H,9-10,24H2,(H,26,28). The summed E-state index contributed by atoms with van der Waals surface area (Å²) in [6, 6.07) is 15.5. The Morgan fingerprint density at radius 3 is 2.68 bits per heavy atom. The molecule has 0 aliphatic carbocycles. The average Bonchev–Trinajstić information content (AvgIpc) is 3.08. The summed E-state index contributed by atoms with van der Waals surface area (Å²) in [5.74, 6) is -0.158. The van der Waals surface area contributed by atoms with E-state index in [-0.39, 0.29) is 18.4 Å². The van der Waals surface area contributed by atoms with Crippen LogP contribution in [0, 0.1) is 0 Å². The molecule has 2 aromatic carbocycles. The SMILES string of the molecule is NCC(NC(=O)Cc1cn2cc(Cl)cc(Cl)c2n1)c1ccc2ccccc2c1. The minimum Gasteiger partial charge on any atom is -0.348 e. The fourth-order valence-corrected chi connectivity index (χ4v) is 3.80. The van der Waals surface area contributed by atoms with Crippen LogP contribution in [0.1, 0.15) is 17.3 Å². The molecular weight excluding hydrogens is 395 g/mol. The van der Waals surface area contributed by atoms with Gasteiger partial charge >= 0.3 is 0 Å². The third-order valence-corrected chi connectivity index (χ3v) is 5.10. The van der Waals surface area contributed by atoms with Gasteiger partial charge in [-0.2, -0.15) is 0 Å². The van der Waals surface area contributed by atoms with E-state index in [0.29, 0.717) is 27.9 Å². The van der Waals surface area contributed by atoms with E-state index in [0.717, 1.165) is 16.3 Å². The van der Waals surface area contributed by atoms with Crippen LogP contribution in [0.25, 0.3) is 16.4 Å². The number of amides is 1. The maximum atomic E-state index is 12.6. The molecular formula is C21H18Cl2N4O. The minimum absolute atomic E-state index is 0.125. The molecule has 4 aromatic rings. The van der Waals surface area contributed by atoms with Crippen LogP contribution >= 0.6 is 23.2 Å². The van der Waals surface area contributed by atoms with Gasteiger partial charge in [-0.25, -0.2) is 4.98 Å². The van der Waals surface area contributed by atoms with Crippen LogP contribution in [-0.4, -0.2) is 21.8 Å². The Labute approximate surface area is 172 Å². The van der Waals surface area contributed by atoms with E-state index in [1.54, 1.807) is 22.9 Å². The van der Waals surface area contributed by atoms with Crippen molar-refractivity contribution < 1.29 is 4.79 Å². The van der Waals surface area contributed by atoms with Crippen molar-refractivity contribution in [1.82, 2.24) is 14.7 Å². The van der Waals surface area contributed by atoms with Crippen LogP contribution < -0.4 is 11.1 Å².